The summed E-state index contributed by atoms with van der Waals surface area (Å²) in [5, 5.41) is 12.4. The second-order valence-electron chi connectivity index (χ2n) is 7.67. The smallest absolute Gasteiger partial charge is 0.338 e. The number of esters is 1. The van der Waals surface area contributed by atoms with Gasteiger partial charge in [0.1, 0.15) is 0 Å². The predicted octanol–water partition coefficient (Wildman–Crippen LogP) is 4.97. The third-order valence-electron chi connectivity index (χ3n) is 5.56. The Hall–Kier alpha value is -1.11. The van der Waals surface area contributed by atoms with Gasteiger partial charge >= 0.3 is 5.97 Å². The first-order valence-corrected chi connectivity index (χ1v) is 11.5. The van der Waals surface area contributed by atoms with Crippen LogP contribution >= 0.6 is 15.9 Å². The van der Waals surface area contributed by atoms with Gasteiger partial charge in [0.05, 0.1) is 17.9 Å². The summed E-state index contributed by atoms with van der Waals surface area (Å²) in [7, 11) is 0. The number of anilines is 1. The molecule has 0 amide bonds. The van der Waals surface area contributed by atoms with Crippen molar-refractivity contribution in [3.05, 3.63) is 27.7 Å². The molecule has 0 saturated heterocycles. The van der Waals surface area contributed by atoms with Crippen LogP contribution in [0.3, 0.4) is 0 Å². The van der Waals surface area contributed by atoms with Gasteiger partial charge in [-0.3, -0.25) is 0 Å². The number of hydrogen-bond donors (Lipinski definition) is 3. The number of nitrogens with one attached hydrogen (secondary N) is 1. The Morgan fingerprint density at radius 1 is 1.25 bits per heavy atom. The molecule has 4 N–H and O–H groups in total. The third kappa shape index (κ3) is 6.75. The largest absolute Gasteiger partial charge is 0.462 e. The van der Waals surface area contributed by atoms with E-state index in [4.69, 9.17) is 15.6 Å². The standard InChI is InChI=1S/C22H35BrN2O3/c1-2-25-21(16-10-6-5-7-11-16)18-14-17(15-19(23)20(18)24)22(27)28-13-9-4-3-8-12-26/h14-16,21,25-26H,2-13,24H2,1H3. The highest BCUT2D eigenvalue weighted by Gasteiger charge is 2.27. The third-order valence-corrected chi connectivity index (χ3v) is 6.22. The summed E-state index contributed by atoms with van der Waals surface area (Å²) in [4.78, 5) is 12.6. The van der Waals surface area contributed by atoms with E-state index >= 15 is 0 Å². The first-order valence-electron chi connectivity index (χ1n) is 10.7. The molecule has 1 fully saturated rings. The summed E-state index contributed by atoms with van der Waals surface area (Å²) in [5.41, 5.74) is 8.65. The summed E-state index contributed by atoms with van der Waals surface area (Å²) in [6.07, 6.45) is 9.73. The van der Waals surface area contributed by atoms with E-state index in [0.717, 1.165) is 42.3 Å². The molecule has 28 heavy (non-hydrogen) atoms. The molecule has 1 aromatic carbocycles. The van der Waals surface area contributed by atoms with Gasteiger partial charge in [-0.15, -0.1) is 0 Å². The first-order chi connectivity index (χ1) is 13.6. The second-order valence-corrected chi connectivity index (χ2v) is 8.52. The van der Waals surface area contributed by atoms with Crippen molar-refractivity contribution in [1.82, 2.24) is 5.32 Å². The molecule has 1 aromatic rings. The van der Waals surface area contributed by atoms with Crippen LogP contribution in [0.1, 0.15) is 86.7 Å². The molecule has 5 nitrogen and oxygen atoms in total. The van der Waals surface area contributed by atoms with Gasteiger partial charge in [-0.1, -0.05) is 32.6 Å². The van der Waals surface area contributed by atoms with Crippen molar-refractivity contribution in [3.8, 4) is 0 Å². The van der Waals surface area contributed by atoms with E-state index in [1.807, 2.05) is 6.07 Å². The van der Waals surface area contributed by atoms with Gasteiger partial charge in [0.25, 0.3) is 0 Å². The van der Waals surface area contributed by atoms with Gasteiger partial charge in [-0.25, -0.2) is 4.79 Å². The quantitative estimate of drug-likeness (QED) is 0.249. The molecule has 158 valence electrons. The molecule has 0 aliphatic heterocycles. The van der Waals surface area contributed by atoms with Crippen LogP contribution in [0.25, 0.3) is 0 Å². The number of aliphatic hydroxyl groups is 1. The molecule has 1 saturated carbocycles. The van der Waals surface area contributed by atoms with Gasteiger partial charge < -0.3 is 20.9 Å². The van der Waals surface area contributed by atoms with Crippen molar-refractivity contribution in [3.63, 3.8) is 0 Å². The lowest BCUT2D eigenvalue weighted by Crippen LogP contribution is -2.30. The Labute approximate surface area is 177 Å². The molecule has 0 heterocycles. The van der Waals surface area contributed by atoms with Crippen LogP contribution in [0, 0.1) is 5.92 Å². The average Bonchev–Trinajstić information content (AvgIpc) is 2.71. The molecule has 6 heteroatoms. The monoisotopic (exact) mass is 454 g/mol. The average molecular weight is 455 g/mol. The summed E-state index contributed by atoms with van der Waals surface area (Å²) in [6.45, 7) is 3.59. The van der Waals surface area contributed by atoms with Crippen LogP contribution in [0.15, 0.2) is 16.6 Å². The number of nitrogen functional groups attached to an aromatic ring is 1. The number of carbonyl (C=O) groups is 1. The van der Waals surface area contributed by atoms with Crippen molar-refractivity contribution >= 4 is 27.6 Å². The van der Waals surface area contributed by atoms with Gasteiger partial charge in [0.15, 0.2) is 0 Å². The van der Waals surface area contributed by atoms with E-state index in [1.165, 1.54) is 32.1 Å². The number of ether oxygens (including phenoxy) is 1. The Balaban J connectivity index is 2.09. The highest BCUT2D eigenvalue weighted by atomic mass is 79.9. The fourth-order valence-electron chi connectivity index (χ4n) is 4.05. The second kappa shape index (κ2) is 12.5. The molecule has 2 rings (SSSR count). The number of nitrogens with two attached hydrogens (primary N) is 1. The number of hydrogen-bond acceptors (Lipinski definition) is 5. The summed E-state index contributed by atoms with van der Waals surface area (Å²) < 4.78 is 6.21. The minimum Gasteiger partial charge on any atom is -0.462 e. The lowest BCUT2D eigenvalue weighted by Gasteiger charge is -2.32. The minimum absolute atomic E-state index is 0.160. The number of benzene rings is 1. The van der Waals surface area contributed by atoms with E-state index in [-0.39, 0.29) is 18.6 Å². The SMILES string of the molecule is CCNC(c1cc(C(=O)OCCCCCCO)cc(Br)c1N)C1CCCCC1. The fraction of sp³-hybridized carbons (Fsp3) is 0.682. The van der Waals surface area contributed by atoms with E-state index in [0.29, 0.717) is 23.8 Å². The molecule has 0 aromatic heterocycles. The zero-order chi connectivity index (χ0) is 20.4. The molecule has 1 atom stereocenters. The van der Waals surface area contributed by atoms with Gasteiger partial charge in [0.2, 0.25) is 0 Å². The van der Waals surface area contributed by atoms with Gasteiger partial charge in [-0.05, 0) is 78.2 Å². The highest BCUT2D eigenvalue weighted by molar-refractivity contribution is 9.10. The molecule has 1 unspecified atom stereocenters. The number of aliphatic hydroxyl groups excluding tert-OH is 1. The molecular formula is C22H35BrN2O3. The molecule has 0 radical (unpaired) electrons. The maximum Gasteiger partial charge on any atom is 0.338 e. The van der Waals surface area contributed by atoms with Crippen molar-refractivity contribution < 1.29 is 14.6 Å². The predicted molar refractivity (Wildman–Crippen MR) is 117 cm³/mol. The molecule has 0 spiro atoms. The number of rotatable bonds is 11. The lowest BCUT2D eigenvalue weighted by molar-refractivity contribution is 0.0497. The normalized spacial score (nSPS) is 16.1. The summed E-state index contributed by atoms with van der Waals surface area (Å²) >= 11 is 3.53. The zero-order valence-electron chi connectivity index (χ0n) is 17.0. The van der Waals surface area contributed by atoms with Crippen LogP contribution < -0.4 is 11.1 Å². The zero-order valence-corrected chi connectivity index (χ0v) is 18.6. The van der Waals surface area contributed by atoms with E-state index in [9.17, 15) is 4.79 Å². The molecule has 0 bridgehead atoms. The molecule has 1 aliphatic carbocycles. The molecule has 1 aliphatic rings. The maximum atomic E-state index is 12.6. The van der Waals surface area contributed by atoms with E-state index < -0.39 is 0 Å². The van der Waals surface area contributed by atoms with Crippen LogP contribution in [0.4, 0.5) is 5.69 Å². The maximum absolute atomic E-state index is 12.6. The topological polar surface area (TPSA) is 84.6 Å². The minimum atomic E-state index is -0.303. The Kier molecular flexibility index (Phi) is 10.3. The number of carbonyl (C=O) groups excluding carboxylic acids is 1. The van der Waals surface area contributed by atoms with Crippen LogP contribution in [0.2, 0.25) is 0 Å². The van der Waals surface area contributed by atoms with Crippen LogP contribution in [-0.2, 0) is 4.74 Å². The Morgan fingerprint density at radius 2 is 1.96 bits per heavy atom. The van der Waals surface area contributed by atoms with Crippen molar-refractivity contribution in [1.29, 1.82) is 0 Å². The van der Waals surface area contributed by atoms with Gasteiger partial charge in [-0.2, -0.15) is 0 Å². The van der Waals surface area contributed by atoms with Crippen molar-refractivity contribution in [2.45, 2.75) is 70.8 Å². The van der Waals surface area contributed by atoms with E-state index in [2.05, 4.69) is 28.2 Å². The Morgan fingerprint density at radius 3 is 2.64 bits per heavy atom. The lowest BCUT2D eigenvalue weighted by atomic mass is 9.80. The van der Waals surface area contributed by atoms with Crippen LogP contribution in [0.5, 0.6) is 0 Å². The Bertz CT molecular complexity index is 618. The van der Waals surface area contributed by atoms with E-state index in [1.54, 1.807) is 6.07 Å². The number of unbranched alkanes of at least 4 members (excludes halogenated alkanes) is 3. The van der Waals surface area contributed by atoms with Crippen molar-refractivity contribution in [2.75, 3.05) is 25.5 Å². The number of halogens is 1. The van der Waals surface area contributed by atoms with Crippen molar-refractivity contribution in [2.24, 2.45) is 5.92 Å². The summed E-state index contributed by atoms with van der Waals surface area (Å²) in [6, 6.07) is 3.83. The highest BCUT2D eigenvalue weighted by Crippen LogP contribution is 2.39. The van der Waals surface area contributed by atoms with Crippen LogP contribution in [-0.4, -0.2) is 30.8 Å². The first kappa shape index (κ1) is 23.2. The fourth-order valence-corrected chi connectivity index (χ4v) is 4.52. The van der Waals surface area contributed by atoms with Gasteiger partial charge in [0, 0.05) is 17.1 Å². The summed E-state index contributed by atoms with van der Waals surface area (Å²) in [5.74, 6) is 0.240. The molecular weight excluding hydrogens is 420 g/mol.